The van der Waals surface area contributed by atoms with E-state index in [-0.39, 0.29) is 0 Å². The van der Waals surface area contributed by atoms with Crippen LogP contribution in [0.4, 0.5) is 0 Å². The zero-order valence-corrected chi connectivity index (χ0v) is 13.3. The smallest absolute Gasteiger partial charge is 0.122 e. The van der Waals surface area contributed by atoms with Crippen LogP contribution in [-0.2, 0) is 4.74 Å². The van der Waals surface area contributed by atoms with E-state index in [1.807, 2.05) is 19.1 Å². The predicted molar refractivity (Wildman–Crippen MR) is 83.9 cm³/mol. The second-order valence-corrected chi connectivity index (χ2v) is 5.98. The third-order valence-electron chi connectivity index (χ3n) is 4.03. The summed E-state index contributed by atoms with van der Waals surface area (Å²) in [5.74, 6) is 0.854. The fourth-order valence-electron chi connectivity index (χ4n) is 2.68. The Morgan fingerprint density at radius 1 is 1.38 bits per heavy atom. The topological polar surface area (TPSA) is 41.9 Å². The number of aliphatic hydroxyl groups excluding tert-OH is 1. The molecule has 0 radical (unpaired) electrons. The minimum absolute atomic E-state index is 0.327. The van der Waals surface area contributed by atoms with Gasteiger partial charge in [-0.1, -0.05) is 17.7 Å². The lowest BCUT2D eigenvalue weighted by molar-refractivity contribution is 0.0542. The molecule has 1 aromatic rings. The summed E-state index contributed by atoms with van der Waals surface area (Å²) in [6.07, 6.45) is 0.538. The van der Waals surface area contributed by atoms with Gasteiger partial charge >= 0.3 is 0 Å². The van der Waals surface area contributed by atoms with E-state index in [1.165, 1.54) is 5.56 Å². The van der Waals surface area contributed by atoms with E-state index < -0.39 is 6.10 Å². The maximum atomic E-state index is 10.2. The van der Waals surface area contributed by atoms with E-state index >= 15 is 0 Å². The van der Waals surface area contributed by atoms with Crippen LogP contribution < -0.4 is 4.74 Å². The molecule has 21 heavy (non-hydrogen) atoms. The van der Waals surface area contributed by atoms with Gasteiger partial charge in [0.25, 0.3) is 0 Å². The number of hydrogen-bond donors (Lipinski definition) is 1. The number of hydrogen-bond acceptors (Lipinski definition) is 4. The van der Waals surface area contributed by atoms with Gasteiger partial charge in [0, 0.05) is 25.7 Å². The van der Waals surface area contributed by atoms with Crippen molar-refractivity contribution in [1.82, 2.24) is 4.90 Å². The predicted octanol–water partition coefficient (Wildman–Crippen LogP) is 2.15. The van der Waals surface area contributed by atoms with Crippen LogP contribution >= 0.6 is 0 Å². The third kappa shape index (κ3) is 4.99. The lowest BCUT2D eigenvalue weighted by atomic mass is 10.1. The molecule has 1 N–H and O–H groups in total. The summed E-state index contributed by atoms with van der Waals surface area (Å²) in [6, 6.07) is 6.54. The number of aliphatic hydroxyl groups is 1. The molecule has 2 rings (SSSR count). The molecule has 118 valence electrons. The van der Waals surface area contributed by atoms with Gasteiger partial charge < -0.3 is 14.6 Å². The van der Waals surface area contributed by atoms with E-state index in [0.29, 0.717) is 19.2 Å². The summed E-state index contributed by atoms with van der Waals surface area (Å²) in [4.78, 5) is 2.28. The Labute approximate surface area is 127 Å². The molecule has 1 aliphatic heterocycles. The van der Waals surface area contributed by atoms with Crippen LogP contribution in [0.1, 0.15) is 24.5 Å². The lowest BCUT2D eigenvalue weighted by Gasteiger charge is -2.28. The number of rotatable bonds is 5. The third-order valence-corrected chi connectivity index (χ3v) is 4.03. The number of aryl methyl sites for hydroxylation is 2. The minimum Gasteiger partial charge on any atom is -0.491 e. The average molecular weight is 293 g/mol. The highest BCUT2D eigenvalue weighted by atomic mass is 16.5. The van der Waals surface area contributed by atoms with Crippen molar-refractivity contribution in [3.05, 3.63) is 29.3 Å². The van der Waals surface area contributed by atoms with Crippen LogP contribution in [0.2, 0.25) is 0 Å². The van der Waals surface area contributed by atoms with E-state index in [0.717, 1.165) is 37.5 Å². The Hall–Kier alpha value is -1.10. The summed E-state index contributed by atoms with van der Waals surface area (Å²) in [5, 5.41) is 10.2. The van der Waals surface area contributed by atoms with Gasteiger partial charge in [-0.05, 0) is 38.8 Å². The first kappa shape index (κ1) is 16.3. The Morgan fingerprint density at radius 2 is 2.19 bits per heavy atom. The summed E-state index contributed by atoms with van der Waals surface area (Å²) >= 11 is 0. The molecule has 4 heteroatoms. The highest BCUT2D eigenvalue weighted by Gasteiger charge is 2.20. The minimum atomic E-state index is -0.480. The highest BCUT2D eigenvalue weighted by Crippen LogP contribution is 2.19. The average Bonchev–Trinajstić information content (AvgIpc) is 2.63. The van der Waals surface area contributed by atoms with Gasteiger partial charge in [0.05, 0.1) is 6.61 Å². The Balaban J connectivity index is 1.82. The van der Waals surface area contributed by atoms with Crippen molar-refractivity contribution in [1.29, 1.82) is 0 Å². The summed E-state index contributed by atoms with van der Waals surface area (Å²) < 4.78 is 11.2. The van der Waals surface area contributed by atoms with Crippen molar-refractivity contribution >= 4 is 0 Å². The van der Waals surface area contributed by atoms with Crippen molar-refractivity contribution in [2.75, 3.05) is 32.9 Å². The monoisotopic (exact) mass is 293 g/mol. The lowest BCUT2D eigenvalue weighted by Crippen LogP contribution is -2.41. The van der Waals surface area contributed by atoms with Crippen LogP contribution in [0.5, 0.6) is 5.75 Å². The zero-order valence-electron chi connectivity index (χ0n) is 13.3. The molecule has 1 heterocycles. The maximum absolute atomic E-state index is 10.2. The van der Waals surface area contributed by atoms with Crippen molar-refractivity contribution < 1.29 is 14.6 Å². The van der Waals surface area contributed by atoms with Crippen LogP contribution in [-0.4, -0.2) is 55.1 Å². The normalized spacial score (nSPS) is 21.8. The molecule has 0 amide bonds. The molecule has 1 aromatic carbocycles. The summed E-state index contributed by atoms with van der Waals surface area (Å²) in [7, 11) is 0. The number of β-amino-alcohol motifs (C(OH)–C–C–N with tert-alkyl or cyclic N) is 1. The van der Waals surface area contributed by atoms with Gasteiger partial charge in [-0.3, -0.25) is 4.90 Å². The molecule has 4 nitrogen and oxygen atoms in total. The summed E-state index contributed by atoms with van der Waals surface area (Å²) in [5.41, 5.74) is 2.33. The second kappa shape index (κ2) is 7.78. The fraction of sp³-hybridized carbons (Fsp3) is 0.647. The van der Waals surface area contributed by atoms with E-state index in [4.69, 9.17) is 9.47 Å². The van der Waals surface area contributed by atoms with Crippen LogP contribution in [0.25, 0.3) is 0 Å². The van der Waals surface area contributed by atoms with E-state index in [2.05, 4.69) is 24.8 Å². The molecule has 0 spiro atoms. The van der Waals surface area contributed by atoms with Crippen LogP contribution in [0.3, 0.4) is 0 Å². The molecule has 2 atom stereocenters. The van der Waals surface area contributed by atoms with Gasteiger partial charge in [-0.2, -0.15) is 0 Å². The summed E-state index contributed by atoms with van der Waals surface area (Å²) in [6.45, 7) is 9.68. The Morgan fingerprint density at radius 3 is 2.95 bits per heavy atom. The maximum Gasteiger partial charge on any atom is 0.122 e. The van der Waals surface area contributed by atoms with Crippen LogP contribution in [0.15, 0.2) is 18.2 Å². The number of nitrogens with zero attached hydrogens (tertiary/aromatic N) is 1. The molecule has 2 unspecified atom stereocenters. The molecule has 1 fully saturated rings. The SMILES string of the molecule is Cc1ccc(OCC(O)CN2CCOCCC2C)c(C)c1. The van der Waals surface area contributed by atoms with Crippen molar-refractivity contribution in [3.8, 4) is 5.75 Å². The Bertz CT molecular complexity index is 450. The van der Waals surface area contributed by atoms with Gasteiger partial charge in [-0.25, -0.2) is 0 Å². The van der Waals surface area contributed by atoms with E-state index in [1.54, 1.807) is 0 Å². The van der Waals surface area contributed by atoms with Crippen molar-refractivity contribution in [3.63, 3.8) is 0 Å². The second-order valence-electron chi connectivity index (χ2n) is 5.98. The number of benzene rings is 1. The number of ether oxygens (including phenoxy) is 2. The van der Waals surface area contributed by atoms with Crippen molar-refractivity contribution in [2.45, 2.75) is 39.3 Å². The molecule has 0 bridgehead atoms. The first-order chi connectivity index (χ1) is 10.1. The first-order valence-electron chi connectivity index (χ1n) is 7.76. The van der Waals surface area contributed by atoms with E-state index in [9.17, 15) is 5.11 Å². The molecule has 1 aliphatic rings. The largest absolute Gasteiger partial charge is 0.491 e. The van der Waals surface area contributed by atoms with Crippen LogP contribution in [0, 0.1) is 13.8 Å². The van der Waals surface area contributed by atoms with Crippen molar-refractivity contribution in [2.24, 2.45) is 0 Å². The fourth-order valence-corrected chi connectivity index (χ4v) is 2.68. The quantitative estimate of drug-likeness (QED) is 0.903. The highest BCUT2D eigenvalue weighted by molar-refractivity contribution is 5.35. The first-order valence-corrected chi connectivity index (χ1v) is 7.76. The van der Waals surface area contributed by atoms with Gasteiger partial charge in [0.15, 0.2) is 0 Å². The van der Waals surface area contributed by atoms with Gasteiger partial charge in [-0.15, -0.1) is 0 Å². The molecular weight excluding hydrogens is 266 g/mol. The van der Waals surface area contributed by atoms with Gasteiger partial charge in [0.2, 0.25) is 0 Å². The zero-order chi connectivity index (χ0) is 15.2. The standard InChI is InChI=1S/C17H27NO3/c1-13-4-5-17(14(2)10-13)21-12-16(19)11-18-7-9-20-8-6-15(18)3/h4-5,10,15-16,19H,6-9,11-12H2,1-3H3. The molecule has 0 aliphatic carbocycles. The molecule has 0 aromatic heterocycles. The molecule has 1 saturated heterocycles. The molecule has 0 saturated carbocycles. The van der Waals surface area contributed by atoms with Gasteiger partial charge in [0.1, 0.15) is 18.5 Å². The Kier molecular flexibility index (Phi) is 6.03. The molecular formula is C17H27NO3.